The molecule has 0 saturated carbocycles. The molecule has 2 heteroatoms. The zero-order valence-corrected chi connectivity index (χ0v) is 12.6. The van der Waals surface area contributed by atoms with Gasteiger partial charge in [-0.25, -0.2) is 0 Å². The lowest BCUT2D eigenvalue weighted by atomic mass is 10.1. The summed E-state index contributed by atoms with van der Waals surface area (Å²) in [5.41, 5.74) is 3.87. The highest BCUT2D eigenvalue weighted by Crippen LogP contribution is 2.23. The molecule has 0 fully saturated rings. The molecule has 1 rings (SSSR count). The van der Waals surface area contributed by atoms with Crippen LogP contribution in [0.1, 0.15) is 45.1 Å². The largest absolute Gasteiger partial charge is 0.382 e. The van der Waals surface area contributed by atoms with E-state index in [0.29, 0.717) is 6.04 Å². The number of anilines is 2. The number of hydrogen-bond acceptors (Lipinski definition) is 2. The second-order valence-electron chi connectivity index (χ2n) is 5.29. The molecule has 0 radical (unpaired) electrons. The van der Waals surface area contributed by atoms with E-state index in [9.17, 15) is 0 Å². The van der Waals surface area contributed by atoms with Crippen LogP contribution in [0.3, 0.4) is 0 Å². The molecule has 1 atom stereocenters. The van der Waals surface area contributed by atoms with Crippen molar-refractivity contribution in [2.24, 2.45) is 0 Å². The first kappa shape index (κ1) is 14.9. The van der Waals surface area contributed by atoms with Crippen molar-refractivity contribution in [3.63, 3.8) is 0 Å². The Morgan fingerprint density at radius 2 is 1.94 bits per heavy atom. The smallest absolute Gasteiger partial charge is 0.0373 e. The lowest BCUT2D eigenvalue weighted by molar-refractivity contribution is 0.593. The zero-order chi connectivity index (χ0) is 13.5. The van der Waals surface area contributed by atoms with Gasteiger partial charge >= 0.3 is 0 Å². The molecule has 0 spiro atoms. The molecule has 0 amide bonds. The summed E-state index contributed by atoms with van der Waals surface area (Å²) >= 11 is 0. The van der Waals surface area contributed by atoms with Gasteiger partial charge in [0.25, 0.3) is 0 Å². The number of nitrogens with one attached hydrogen (secondary N) is 1. The van der Waals surface area contributed by atoms with Gasteiger partial charge < -0.3 is 10.2 Å². The second-order valence-corrected chi connectivity index (χ2v) is 5.29. The molecule has 0 aliphatic rings. The number of aryl methyl sites for hydroxylation is 1. The molecular formula is C16H28N2. The molecule has 102 valence electrons. The Bertz CT molecular complexity index is 358. The van der Waals surface area contributed by atoms with Gasteiger partial charge in [0.2, 0.25) is 0 Å². The van der Waals surface area contributed by atoms with Crippen LogP contribution in [-0.2, 0) is 0 Å². The van der Waals surface area contributed by atoms with E-state index in [1.54, 1.807) is 0 Å². The Hall–Kier alpha value is -1.18. The number of hydrogen-bond donors (Lipinski definition) is 1. The van der Waals surface area contributed by atoms with Crippen molar-refractivity contribution in [3.05, 3.63) is 23.8 Å². The Labute approximate surface area is 112 Å². The van der Waals surface area contributed by atoms with Gasteiger partial charge in [-0.15, -0.1) is 0 Å². The molecule has 0 bridgehead atoms. The monoisotopic (exact) mass is 248 g/mol. The molecule has 0 saturated heterocycles. The molecule has 0 heterocycles. The van der Waals surface area contributed by atoms with Crippen molar-refractivity contribution < 1.29 is 0 Å². The highest BCUT2D eigenvalue weighted by atomic mass is 15.1. The quantitative estimate of drug-likeness (QED) is 0.767. The minimum Gasteiger partial charge on any atom is -0.382 e. The molecule has 1 unspecified atom stereocenters. The van der Waals surface area contributed by atoms with Crippen molar-refractivity contribution in [2.75, 3.05) is 24.3 Å². The molecule has 2 nitrogen and oxygen atoms in total. The molecule has 0 aliphatic carbocycles. The summed E-state index contributed by atoms with van der Waals surface area (Å²) in [7, 11) is 4.16. The summed E-state index contributed by atoms with van der Waals surface area (Å²) in [6.07, 6.45) is 5.04. The van der Waals surface area contributed by atoms with Crippen LogP contribution in [0, 0.1) is 6.92 Å². The maximum atomic E-state index is 3.68. The Morgan fingerprint density at radius 3 is 2.44 bits per heavy atom. The van der Waals surface area contributed by atoms with Crippen LogP contribution < -0.4 is 10.2 Å². The highest BCUT2D eigenvalue weighted by Gasteiger charge is 2.08. The lowest BCUT2D eigenvalue weighted by Gasteiger charge is -2.21. The van der Waals surface area contributed by atoms with Crippen LogP contribution in [0.15, 0.2) is 18.2 Å². The summed E-state index contributed by atoms with van der Waals surface area (Å²) < 4.78 is 0. The topological polar surface area (TPSA) is 15.3 Å². The van der Waals surface area contributed by atoms with Gasteiger partial charge in [0.05, 0.1) is 0 Å². The summed E-state index contributed by atoms with van der Waals surface area (Å²) in [6, 6.07) is 7.24. The van der Waals surface area contributed by atoms with Crippen molar-refractivity contribution in [2.45, 2.75) is 52.5 Å². The fourth-order valence-corrected chi connectivity index (χ4v) is 2.14. The predicted molar refractivity (Wildman–Crippen MR) is 82.7 cm³/mol. The third kappa shape index (κ3) is 4.25. The van der Waals surface area contributed by atoms with Crippen LogP contribution in [0.2, 0.25) is 0 Å². The van der Waals surface area contributed by atoms with Crippen molar-refractivity contribution in [3.8, 4) is 0 Å². The van der Waals surface area contributed by atoms with Crippen LogP contribution in [-0.4, -0.2) is 20.1 Å². The van der Waals surface area contributed by atoms with E-state index < -0.39 is 0 Å². The van der Waals surface area contributed by atoms with Crippen LogP contribution in [0.4, 0.5) is 11.4 Å². The van der Waals surface area contributed by atoms with Gasteiger partial charge in [0.1, 0.15) is 0 Å². The van der Waals surface area contributed by atoms with Crippen molar-refractivity contribution >= 4 is 11.4 Å². The van der Waals surface area contributed by atoms with E-state index in [1.165, 1.54) is 42.6 Å². The summed E-state index contributed by atoms with van der Waals surface area (Å²) in [4.78, 5) is 2.14. The standard InChI is InChI=1S/C16H28N2/c1-6-8-9-14(7-2)17-16-11-10-15(18(4)5)12-13(16)3/h10-12,14,17H,6-9H2,1-5H3. The normalized spacial score (nSPS) is 12.3. The molecule has 0 aromatic heterocycles. The predicted octanol–water partition coefficient (Wildman–Crippen LogP) is 4.44. The van der Waals surface area contributed by atoms with Crippen molar-refractivity contribution in [1.82, 2.24) is 0 Å². The first-order valence-corrected chi connectivity index (χ1v) is 7.13. The van der Waals surface area contributed by atoms with E-state index in [1.807, 2.05) is 0 Å². The molecule has 0 aliphatic heterocycles. The van der Waals surface area contributed by atoms with Gasteiger partial charge in [-0.2, -0.15) is 0 Å². The highest BCUT2D eigenvalue weighted by molar-refractivity contribution is 5.60. The molecule has 1 N–H and O–H groups in total. The second kappa shape index (κ2) is 7.30. The maximum absolute atomic E-state index is 3.68. The van der Waals surface area contributed by atoms with Gasteiger partial charge in [-0.1, -0.05) is 26.7 Å². The average molecular weight is 248 g/mol. The SMILES string of the molecule is CCCCC(CC)Nc1ccc(N(C)C)cc1C. The molecule has 18 heavy (non-hydrogen) atoms. The number of rotatable bonds is 7. The zero-order valence-electron chi connectivity index (χ0n) is 12.6. The van der Waals surface area contributed by atoms with Gasteiger partial charge in [0.15, 0.2) is 0 Å². The Balaban J connectivity index is 2.71. The molecule has 1 aromatic rings. The fraction of sp³-hybridized carbons (Fsp3) is 0.625. The molecular weight excluding hydrogens is 220 g/mol. The summed E-state index contributed by atoms with van der Waals surface area (Å²) in [5, 5.41) is 3.68. The van der Waals surface area contributed by atoms with Crippen molar-refractivity contribution in [1.29, 1.82) is 0 Å². The summed E-state index contributed by atoms with van der Waals surface area (Å²) in [6.45, 7) is 6.70. The number of benzene rings is 1. The third-order valence-electron chi connectivity index (χ3n) is 3.48. The van der Waals surface area contributed by atoms with E-state index >= 15 is 0 Å². The van der Waals surface area contributed by atoms with Crippen LogP contribution >= 0.6 is 0 Å². The first-order chi connectivity index (χ1) is 8.58. The van der Waals surface area contributed by atoms with Gasteiger partial charge in [-0.3, -0.25) is 0 Å². The molecule has 1 aromatic carbocycles. The minimum absolute atomic E-state index is 0.605. The van der Waals surface area contributed by atoms with Gasteiger partial charge in [0, 0.05) is 31.5 Å². The van der Waals surface area contributed by atoms with Crippen LogP contribution in [0.5, 0.6) is 0 Å². The Kier molecular flexibility index (Phi) is 6.03. The summed E-state index contributed by atoms with van der Waals surface area (Å²) in [5.74, 6) is 0. The van der Waals surface area contributed by atoms with Crippen LogP contribution in [0.25, 0.3) is 0 Å². The number of nitrogens with zero attached hydrogens (tertiary/aromatic N) is 1. The third-order valence-corrected chi connectivity index (χ3v) is 3.48. The maximum Gasteiger partial charge on any atom is 0.0373 e. The lowest BCUT2D eigenvalue weighted by Crippen LogP contribution is -2.19. The Morgan fingerprint density at radius 1 is 1.22 bits per heavy atom. The fourth-order valence-electron chi connectivity index (χ4n) is 2.14. The minimum atomic E-state index is 0.605. The van der Waals surface area contributed by atoms with E-state index in [2.05, 4.69) is 63.3 Å². The van der Waals surface area contributed by atoms with E-state index in [4.69, 9.17) is 0 Å². The first-order valence-electron chi connectivity index (χ1n) is 7.13. The average Bonchev–Trinajstić information content (AvgIpc) is 2.35. The number of unbranched alkanes of at least 4 members (excludes halogenated alkanes) is 1. The van der Waals surface area contributed by atoms with E-state index in [-0.39, 0.29) is 0 Å². The van der Waals surface area contributed by atoms with Gasteiger partial charge in [-0.05, 0) is 43.5 Å². The van der Waals surface area contributed by atoms with E-state index in [0.717, 1.165) is 0 Å².